The largest absolute Gasteiger partial charge is 0.497 e. The summed E-state index contributed by atoms with van der Waals surface area (Å²) in [4.78, 5) is 14.1. The van der Waals surface area contributed by atoms with E-state index in [2.05, 4.69) is 20.4 Å². The molecule has 1 fully saturated rings. The molecule has 1 saturated heterocycles. The van der Waals surface area contributed by atoms with E-state index in [1.807, 2.05) is 24.3 Å². The van der Waals surface area contributed by atoms with Gasteiger partial charge in [0.2, 0.25) is 0 Å². The van der Waals surface area contributed by atoms with E-state index >= 15 is 0 Å². The number of aliphatic hydroxyl groups is 1. The second kappa shape index (κ2) is 7.67. The summed E-state index contributed by atoms with van der Waals surface area (Å²) in [6.07, 6.45) is 2.88. The molecule has 1 amide bonds. The van der Waals surface area contributed by atoms with Crippen LogP contribution in [0.2, 0.25) is 0 Å². The van der Waals surface area contributed by atoms with Gasteiger partial charge in [-0.3, -0.25) is 9.89 Å². The zero-order valence-electron chi connectivity index (χ0n) is 14.4. The number of amides is 1. The van der Waals surface area contributed by atoms with Crippen LogP contribution in [-0.2, 0) is 5.60 Å². The number of aromatic nitrogens is 2. The molecular weight excluding hydrogens is 320 g/mol. The van der Waals surface area contributed by atoms with Gasteiger partial charge in [0, 0.05) is 32.4 Å². The summed E-state index contributed by atoms with van der Waals surface area (Å²) >= 11 is 0. The van der Waals surface area contributed by atoms with Crippen molar-refractivity contribution in [3.63, 3.8) is 0 Å². The molecule has 0 bridgehead atoms. The number of hydrogen-bond donors (Lipinski definition) is 3. The number of hydrogen-bond acceptors (Lipinski definition) is 5. The lowest BCUT2D eigenvalue weighted by atomic mass is 9.84. The Morgan fingerprint density at radius 1 is 1.40 bits per heavy atom. The molecule has 2 aromatic rings. The molecule has 7 heteroatoms. The van der Waals surface area contributed by atoms with Gasteiger partial charge in [-0.05, 0) is 36.6 Å². The van der Waals surface area contributed by atoms with Crippen molar-refractivity contribution in [2.45, 2.75) is 18.4 Å². The lowest BCUT2D eigenvalue weighted by Gasteiger charge is -2.38. The smallest absolute Gasteiger partial charge is 0.269 e. The summed E-state index contributed by atoms with van der Waals surface area (Å²) in [6.45, 7) is 2.89. The van der Waals surface area contributed by atoms with E-state index in [4.69, 9.17) is 4.74 Å². The van der Waals surface area contributed by atoms with E-state index in [1.165, 1.54) is 0 Å². The minimum absolute atomic E-state index is 0.151. The van der Waals surface area contributed by atoms with E-state index in [-0.39, 0.29) is 5.91 Å². The lowest BCUT2D eigenvalue weighted by molar-refractivity contribution is -0.0256. The third kappa shape index (κ3) is 4.18. The average Bonchev–Trinajstić information content (AvgIpc) is 3.18. The molecule has 0 radical (unpaired) electrons. The number of likely N-dealkylation sites (tertiary alicyclic amines) is 1. The van der Waals surface area contributed by atoms with Gasteiger partial charge in [0.25, 0.3) is 5.91 Å². The van der Waals surface area contributed by atoms with Crippen molar-refractivity contribution in [2.75, 3.05) is 33.3 Å². The Kier molecular flexibility index (Phi) is 5.35. The number of piperidine rings is 1. The van der Waals surface area contributed by atoms with Crippen LogP contribution in [0, 0.1) is 0 Å². The maximum absolute atomic E-state index is 11.8. The standard InChI is InChI=1S/C18H24N4O3/c1-25-15-4-2-3-14(13-15)18(24)6-10-22(11-7-18)12-9-19-17(23)16-5-8-20-21-16/h2-5,8,13,24H,6-7,9-12H2,1H3,(H,19,23)(H,20,21). The second-order valence-electron chi connectivity index (χ2n) is 6.33. The summed E-state index contributed by atoms with van der Waals surface area (Å²) in [6, 6.07) is 9.28. The zero-order valence-corrected chi connectivity index (χ0v) is 14.4. The highest BCUT2D eigenvalue weighted by molar-refractivity contribution is 5.92. The number of nitrogens with zero attached hydrogens (tertiary/aromatic N) is 2. The maximum atomic E-state index is 11.8. The fourth-order valence-electron chi connectivity index (χ4n) is 3.15. The number of benzene rings is 1. The molecule has 7 nitrogen and oxygen atoms in total. The third-order valence-corrected chi connectivity index (χ3v) is 4.75. The number of methoxy groups -OCH3 is 1. The predicted molar refractivity (Wildman–Crippen MR) is 93.5 cm³/mol. The van der Waals surface area contributed by atoms with Crippen LogP contribution in [0.15, 0.2) is 36.5 Å². The van der Waals surface area contributed by atoms with E-state index in [0.717, 1.165) is 30.9 Å². The van der Waals surface area contributed by atoms with Crippen LogP contribution in [0.4, 0.5) is 0 Å². The Morgan fingerprint density at radius 2 is 2.20 bits per heavy atom. The molecule has 0 saturated carbocycles. The molecule has 0 atom stereocenters. The zero-order chi connectivity index (χ0) is 17.7. The Labute approximate surface area is 147 Å². The number of aromatic amines is 1. The van der Waals surface area contributed by atoms with E-state index in [0.29, 0.717) is 25.1 Å². The Balaban J connectivity index is 1.47. The van der Waals surface area contributed by atoms with Gasteiger partial charge in [-0.2, -0.15) is 5.10 Å². The van der Waals surface area contributed by atoms with Crippen molar-refractivity contribution in [1.82, 2.24) is 20.4 Å². The van der Waals surface area contributed by atoms with E-state index < -0.39 is 5.60 Å². The van der Waals surface area contributed by atoms with Gasteiger partial charge in [-0.25, -0.2) is 0 Å². The highest BCUT2D eigenvalue weighted by atomic mass is 16.5. The fraction of sp³-hybridized carbons (Fsp3) is 0.444. The Morgan fingerprint density at radius 3 is 2.88 bits per heavy atom. The summed E-state index contributed by atoms with van der Waals surface area (Å²) in [5, 5.41) is 20.2. The number of nitrogens with one attached hydrogen (secondary N) is 2. The number of carbonyl (C=O) groups is 1. The minimum atomic E-state index is -0.815. The molecule has 0 unspecified atom stereocenters. The molecule has 0 aliphatic carbocycles. The van der Waals surface area contributed by atoms with Crippen LogP contribution in [0.3, 0.4) is 0 Å². The first-order valence-corrected chi connectivity index (χ1v) is 8.47. The van der Waals surface area contributed by atoms with Gasteiger partial charge in [-0.1, -0.05) is 12.1 Å². The van der Waals surface area contributed by atoms with Gasteiger partial charge in [0.1, 0.15) is 11.4 Å². The van der Waals surface area contributed by atoms with Crippen molar-refractivity contribution in [2.24, 2.45) is 0 Å². The van der Waals surface area contributed by atoms with Crippen LogP contribution in [0.5, 0.6) is 5.75 Å². The molecule has 1 aromatic heterocycles. The number of carbonyl (C=O) groups excluding carboxylic acids is 1. The van der Waals surface area contributed by atoms with Gasteiger partial charge in [0.15, 0.2) is 0 Å². The number of ether oxygens (including phenoxy) is 1. The van der Waals surface area contributed by atoms with Gasteiger partial charge in [0.05, 0.1) is 12.7 Å². The maximum Gasteiger partial charge on any atom is 0.269 e. The second-order valence-corrected chi connectivity index (χ2v) is 6.33. The van der Waals surface area contributed by atoms with Crippen molar-refractivity contribution >= 4 is 5.91 Å². The first-order valence-electron chi connectivity index (χ1n) is 8.47. The first kappa shape index (κ1) is 17.4. The van der Waals surface area contributed by atoms with Crippen LogP contribution in [0.1, 0.15) is 28.9 Å². The highest BCUT2D eigenvalue weighted by Crippen LogP contribution is 2.34. The minimum Gasteiger partial charge on any atom is -0.497 e. The lowest BCUT2D eigenvalue weighted by Crippen LogP contribution is -2.45. The highest BCUT2D eigenvalue weighted by Gasteiger charge is 2.34. The average molecular weight is 344 g/mol. The molecule has 1 aliphatic heterocycles. The van der Waals surface area contributed by atoms with Gasteiger partial charge < -0.3 is 20.1 Å². The predicted octanol–water partition coefficient (Wildman–Crippen LogP) is 1.13. The van der Waals surface area contributed by atoms with Crippen molar-refractivity contribution in [3.05, 3.63) is 47.8 Å². The van der Waals surface area contributed by atoms with Crippen LogP contribution < -0.4 is 10.1 Å². The van der Waals surface area contributed by atoms with Crippen LogP contribution in [-0.4, -0.2) is 59.4 Å². The number of H-pyrrole nitrogens is 1. The quantitative estimate of drug-likeness (QED) is 0.731. The molecule has 0 spiro atoms. The SMILES string of the molecule is COc1cccc(C2(O)CCN(CCNC(=O)c3ccn[nH]3)CC2)c1. The molecule has 134 valence electrons. The monoisotopic (exact) mass is 344 g/mol. The van der Waals surface area contributed by atoms with Crippen molar-refractivity contribution in [3.8, 4) is 5.75 Å². The Hall–Kier alpha value is -2.38. The normalized spacial score (nSPS) is 17.2. The van der Waals surface area contributed by atoms with Crippen molar-refractivity contribution < 1.29 is 14.6 Å². The van der Waals surface area contributed by atoms with Crippen molar-refractivity contribution in [1.29, 1.82) is 0 Å². The van der Waals surface area contributed by atoms with E-state index in [9.17, 15) is 9.90 Å². The van der Waals surface area contributed by atoms with Crippen LogP contribution in [0.25, 0.3) is 0 Å². The van der Waals surface area contributed by atoms with Gasteiger partial charge >= 0.3 is 0 Å². The topological polar surface area (TPSA) is 90.5 Å². The molecular formula is C18H24N4O3. The molecule has 3 N–H and O–H groups in total. The molecule has 1 aliphatic rings. The third-order valence-electron chi connectivity index (χ3n) is 4.75. The summed E-state index contributed by atoms with van der Waals surface area (Å²) < 4.78 is 5.25. The van der Waals surface area contributed by atoms with Gasteiger partial charge in [-0.15, -0.1) is 0 Å². The molecule has 1 aromatic carbocycles. The van der Waals surface area contributed by atoms with Crippen LogP contribution >= 0.6 is 0 Å². The molecule has 25 heavy (non-hydrogen) atoms. The summed E-state index contributed by atoms with van der Waals surface area (Å²) in [7, 11) is 1.63. The summed E-state index contributed by atoms with van der Waals surface area (Å²) in [5.41, 5.74) is 0.551. The number of rotatable bonds is 6. The fourth-order valence-corrected chi connectivity index (χ4v) is 3.15. The Bertz CT molecular complexity index is 694. The first-order chi connectivity index (χ1) is 12.1. The summed E-state index contributed by atoms with van der Waals surface area (Å²) in [5.74, 6) is 0.609. The van der Waals surface area contributed by atoms with E-state index in [1.54, 1.807) is 19.4 Å². The molecule has 2 heterocycles. The molecule has 3 rings (SSSR count).